The first-order valence-electron chi connectivity index (χ1n) is 2.75. The van der Waals surface area contributed by atoms with Crippen LogP contribution in [0.5, 0.6) is 0 Å². The zero-order chi connectivity index (χ0) is 5.11. The smallest absolute Gasteiger partial charge is 0.00122 e. The normalized spacial score (nSPS) is 31.3. The number of hydrogen-bond donors (Lipinski definition) is 2. The Hall–Kier alpha value is 0.310. The van der Waals surface area contributed by atoms with Crippen LogP contribution < -0.4 is 5.32 Å². The molecule has 0 bridgehead atoms. The Balaban J connectivity index is 2.14. The van der Waals surface area contributed by atoms with Gasteiger partial charge in [-0.3, -0.25) is 0 Å². The Morgan fingerprint density at radius 1 is 1.71 bits per heavy atom. The third-order valence-electron chi connectivity index (χ3n) is 1.42. The fourth-order valence-electron chi connectivity index (χ4n) is 0.870. The van der Waals surface area contributed by atoms with E-state index in [-0.39, 0.29) is 0 Å². The van der Waals surface area contributed by atoms with E-state index in [9.17, 15) is 0 Å². The molecular weight excluding hydrogens is 106 g/mol. The van der Waals surface area contributed by atoms with Crippen LogP contribution in [0.15, 0.2) is 0 Å². The largest absolute Gasteiger partial charge is 0.316 e. The monoisotopic (exact) mass is 117 g/mol. The van der Waals surface area contributed by atoms with Crippen molar-refractivity contribution in [2.75, 3.05) is 18.8 Å². The molecule has 0 aromatic carbocycles. The molecular formula is C5H11NS. The predicted molar refractivity (Wildman–Crippen MR) is 34.8 cm³/mol. The van der Waals surface area contributed by atoms with Gasteiger partial charge in [-0.25, -0.2) is 0 Å². The van der Waals surface area contributed by atoms with Gasteiger partial charge in [-0.05, 0) is 31.2 Å². The van der Waals surface area contributed by atoms with Gasteiger partial charge in [0.2, 0.25) is 0 Å². The lowest BCUT2D eigenvalue weighted by atomic mass is 10.2. The Labute approximate surface area is 49.9 Å². The summed E-state index contributed by atoms with van der Waals surface area (Å²) < 4.78 is 0. The average molecular weight is 117 g/mol. The number of hydrogen-bond acceptors (Lipinski definition) is 2. The first-order chi connectivity index (χ1) is 3.43. The van der Waals surface area contributed by atoms with Crippen molar-refractivity contribution in [2.45, 2.75) is 6.42 Å². The van der Waals surface area contributed by atoms with Gasteiger partial charge in [0, 0.05) is 0 Å². The van der Waals surface area contributed by atoms with Crippen LogP contribution in [0.3, 0.4) is 0 Å². The maximum absolute atomic E-state index is 4.18. The van der Waals surface area contributed by atoms with Crippen LogP contribution >= 0.6 is 12.6 Å². The van der Waals surface area contributed by atoms with Gasteiger partial charge < -0.3 is 5.32 Å². The highest BCUT2D eigenvalue weighted by Crippen LogP contribution is 2.07. The summed E-state index contributed by atoms with van der Waals surface area (Å²) >= 11 is 4.18. The number of nitrogens with one attached hydrogen (secondary N) is 1. The SMILES string of the molecule is SCC1CCNC1. The molecule has 1 aliphatic heterocycles. The minimum absolute atomic E-state index is 0.850. The minimum Gasteiger partial charge on any atom is -0.316 e. The zero-order valence-corrected chi connectivity index (χ0v) is 5.25. The van der Waals surface area contributed by atoms with Crippen LogP contribution in [0, 0.1) is 5.92 Å². The maximum atomic E-state index is 4.18. The highest BCUT2D eigenvalue weighted by molar-refractivity contribution is 7.80. The van der Waals surface area contributed by atoms with E-state index in [0.717, 1.165) is 11.7 Å². The van der Waals surface area contributed by atoms with Gasteiger partial charge in [-0.1, -0.05) is 0 Å². The van der Waals surface area contributed by atoms with Crippen molar-refractivity contribution in [1.82, 2.24) is 5.32 Å². The van der Waals surface area contributed by atoms with Gasteiger partial charge in [0.1, 0.15) is 0 Å². The summed E-state index contributed by atoms with van der Waals surface area (Å²) in [6, 6.07) is 0. The molecule has 1 unspecified atom stereocenters. The van der Waals surface area contributed by atoms with Crippen molar-refractivity contribution >= 4 is 12.6 Å². The zero-order valence-electron chi connectivity index (χ0n) is 4.35. The summed E-state index contributed by atoms with van der Waals surface area (Å²) in [6.07, 6.45) is 1.32. The summed E-state index contributed by atoms with van der Waals surface area (Å²) in [6.45, 7) is 2.38. The molecule has 0 aliphatic carbocycles. The molecule has 1 aliphatic rings. The molecule has 1 fully saturated rings. The molecule has 0 amide bonds. The summed E-state index contributed by atoms with van der Waals surface area (Å²) in [7, 11) is 0. The first kappa shape index (κ1) is 5.45. The third kappa shape index (κ3) is 1.35. The van der Waals surface area contributed by atoms with Gasteiger partial charge in [-0.2, -0.15) is 12.6 Å². The molecule has 0 radical (unpaired) electrons. The fourth-order valence-corrected chi connectivity index (χ4v) is 1.18. The summed E-state index contributed by atoms with van der Waals surface area (Å²) in [5, 5.41) is 3.27. The Morgan fingerprint density at radius 2 is 2.57 bits per heavy atom. The molecule has 1 N–H and O–H groups in total. The summed E-state index contributed by atoms with van der Waals surface area (Å²) in [5.74, 6) is 1.90. The molecule has 2 heteroatoms. The summed E-state index contributed by atoms with van der Waals surface area (Å²) in [5.41, 5.74) is 0. The second-order valence-electron chi connectivity index (χ2n) is 2.04. The van der Waals surface area contributed by atoms with E-state index in [1.165, 1.54) is 19.5 Å². The average Bonchev–Trinajstić information content (AvgIpc) is 2.14. The molecule has 1 heterocycles. The lowest BCUT2D eigenvalue weighted by Crippen LogP contribution is -2.09. The lowest BCUT2D eigenvalue weighted by molar-refractivity contribution is 0.664. The van der Waals surface area contributed by atoms with Gasteiger partial charge in [-0.15, -0.1) is 0 Å². The van der Waals surface area contributed by atoms with Crippen LogP contribution in [0.2, 0.25) is 0 Å². The fraction of sp³-hybridized carbons (Fsp3) is 1.00. The van der Waals surface area contributed by atoms with Crippen molar-refractivity contribution < 1.29 is 0 Å². The summed E-state index contributed by atoms with van der Waals surface area (Å²) in [4.78, 5) is 0. The van der Waals surface area contributed by atoms with E-state index >= 15 is 0 Å². The topological polar surface area (TPSA) is 12.0 Å². The molecule has 0 spiro atoms. The van der Waals surface area contributed by atoms with E-state index in [1.807, 2.05) is 0 Å². The van der Waals surface area contributed by atoms with Crippen molar-refractivity contribution in [3.63, 3.8) is 0 Å². The van der Waals surface area contributed by atoms with Crippen molar-refractivity contribution in [1.29, 1.82) is 0 Å². The molecule has 0 aromatic heterocycles. The molecule has 1 nitrogen and oxygen atoms in total. The van der Waals surface area contributed by atoms with Gasteiger partial charge in [0.15, 0.2) is 0 Å². The number of thiol groups is 1. The third-order valence-corrected chi connectivity index (χ3v) is 1.94. The molecule has 0 aromatic rings. The molecule has 7 heavy (non-hydrogen) atoms. The first-order valence-corrected chi connectivity index (χ1v) is 3.38. The minimum atomic E-state index is 0.850. The van der Waals surface area contributed by atoms with E-state index in [0.29, 0.717) is 0 Å². The van der Waals surface area contributed by atoms with Gasteiger partial charge >= 0.3 is 0 Å². The molecule has 1 rings (SSSR count). The highest BCUT2D eigenvalue weighted by Gasteiger charge is 2.10. The lowest BCUT2D eigenvalue weighted by Gasteiger charge is -1.98. The van der Waals surface area contributed by atoms with Crippen LogP contribution in [0.4, 0.5) is 0 Å². The van der Waals surface area contributed by atoms with Gasteiger partial charge in [0.25, 0.3) is 0 Å². The second-order valence-corrected chi connectivity index (χ2v) is 2.41. The molecule has 42 valence electrons. The van der Waals surface area contributed by atoms with E-state index in [4.69, 9.17) is 0 Å². The molecule has 1 atom stereocenters. The highest BCUT2D eigenvalue weighted by atomic mass is 32.1. The van der Waals surface area contributed by atoms with Crippen molar-refractivity contribution in [2.24, 2.45) is 5.92 Å². The van der Waals surface area contributed by atoms with Crippen LogP contribution in [-0.4, -0.2) is 18.8 Å². The maximum Gasteiger partial charge on any atom is -0.00122 e. The van der Waals surface area contributed by atoms with Crippen LogP contribution in [0.1, 0.15) is 6.42 Å². The van der Waals surface area contributed by atoms with E-state index in [1.54, 1.807) is 0 Å². The van der Waals surface area contributed by atoms with E-state index < -0.39 is 0 Å². The molecule has 1 saturated heterocycles. The van der Waals surface area contributed by atoms with E-state index in [2.05, 4.69) is 17.9 Å². The van der Waals surface area contributed by atoms with Crippen molar-refractivity contribution in [3.8, 4) is 0 Å². The Kier molecular flexibility index (Phi) is 2.00. The quantitative estimate of drug-likeness (QED) is 0.477. The predicted octanol–water partition coefficient (Wildman–Crippen LogP) is 0.526. The standard InChI is InChI=1S/C5H11NS/c7-4-5-1-2-6-3-5/h5-7H,1-4H2. The molecule has 0 saturated carbocycles. The van der Waals surface area contributed by atoms with Crippen molar-refractivity contribution in [3.05, 3.63) is 0 Å². The van der Waals surface area contributed by atoms with Crippen LogP contribution in [-0.2, 0) is 0 Å². The Bertz CT molecular complexity index is 50.0. The number of rotatable bonds is 1. The van der Waals surface area contributed by atoms with Crippen LogP contribution in [0.25, 0.3) is 0 Å². The Morgan fingerprint density at radius 3 is 2.86 bits per heavy atom. The second kappa shape index (κ2) is 2.58. The van der Waals surface area contributed by atoms with Gasteiger partial charge in [0.05, 0.1) is 0 Å².